The van der Waals surface area contributed by atoms with Crippen molar-refractivity contribution in [2.24, 2.45) is 0 Å². The fourth-order valence-electron chi connectivity index (χ4n) is 0.562. The summed E-state index contributed by atoms with van der Waals surface area (Å²) < 4.78 is 4.64. The monoisotopic (exact) mass is 152 g/mol. The number of nitrogens with zero attached hydrogens (tertiary/aromatic N) is 2. The minimum absolute atomic E-state index is 0.123. The average Bonchev–Trinajstić information content (AvgIpc) is 2.36. The second-order valence-corrected chi connectivity index (χ2v) is 2.35. The van der Waals surface area contributed by atoms with Crippen LogP contribution in [0.15, 0.2) is 4.52 Å². The van der Waals surface area contributed by atoms with E-state index in [0.717, 1.165) is 0 Å². The molecule has 0 bridgehead atoms. The molecule has 1 atom stereocenters. The van der Waals surface area contributed by atoms with Gasteiger partial charge < -0.3 is 9.63 Å². The van der Waals surface area contributed by atoms with Gasteiger partial charge in [0.25, 0.3) is 0 Å². The fraction of sp³-hybridized carbons (Fsp3) is 0.429. The number of terminal acetylenes is 1. The van der Waals surface area contributed by atoms with Crippen molar-refractivity contribution in [2.45, 2.75) is 19.4 Å². The van der Waals surface area contributed by atoms with Crippen LogP contribution in [-0.2, 0) is 5.60 Å². The summed E-state index contributed by atoms with van der Waals surface area (Å²) in [6.07, 6.45) is 5.03. The van der Waals surface area contributed by atoms with E-state index in [1.54, 1.807) is 6.92 Å². The Balaban J connectivity index is 3.04. The van der Waals surface area contributed by atoms with Gasteiger partial charge in [-0.1, -0.05) is 11.1 Å². The van der Waals surface area contributed by atoms with E-state index < -0.39 is 5.60 Å². The van der Waals surface area contributed by atoms with Crippen molar-refractivity contribution in [3.8, 4) is 12.3 Å². The molecule has 0 spiro atoms. The van der Waals surface area contributed by atoms with Gasteiger partial charge in [0.1, 0.15) is 0 Å². The van der Waals surface area contributed by atoms with Crippen LogP contribution in [0.3, 0.4) is 0 Å². The van der Waals surface area contributed by atoms with Crippen LogP contribution in [0.5, 0.6) is 0 Å². The van der Waals surface area contributed by atoms with E-state index in [-0.39, 0.29) is 5.82 Å². The summed E-state index contributed by atoms with van der Waals surface area (Å²) in [5, 5.41) is 12.9. The topological polar surface area (TPSA) is 59.2 Å². The highest BCUT2D eigenvalue weighted by atomic mass is 16.5. The number of hydrogen-bond acceptors (Lipinski definition) is 4. The Morgan fingerprint density at radius 1 is 1.73 bits per heavy atom. The van der Waals surface area contributed by atoms with Gasteiger partial charge in [-0.05, 0) is 6.92 Å². The molecule has 0 amide bonds. The molecule has 1 rings (SSSR count). The molecule has 0 fully saturated rings. The second kappa shape index (κ2) is 2.36. The van der Waals surface area contributed by atoms with E-state index in [0.29, 0.717) is 5.89 Å². The minimum Gasteiger partial charge on any atom is -0.371 e. The van der Waals surface area contributed by atoms with E-state index in [4.69, 9.17) is 6.42 Å². The lowest BCUT2D eigenvalue weighted by atomic mass is 10.1. The van der Waals surface area contributed by atoms with Crippen molar-refractivity contribution < 1.29 is 9.63 Å². The largest absolute Gasteiger partial charge is 0.371 e. The van der Waals surface area contributed by atoms with Crippen LogP contribution in [-0.4, -0.2) is 15.2 Å². The van der Waals surface area contributed by atoms with E-state index in [1.165, 1.54) is 6.92 Å². The number of rotatable bonds is 1. The standard InChI is InChI=1S/C7H8N2O2/c1-4-7(3,10)6-8-5(2)11-9-6/h1,10H,2-3H3/t7-/m1/s1. The maximum atomic E-state index is 9.39. The Morgan fingerprint density at radius 3 is 2.73 bits per heavy atom. The van der Waals surface area contributed by atoms with Crippen molar-refractivity contribution in [1.82, 2.24) is 10.1 Å². The molecule has 0 aliphatic carbocycles. The van der Waals surface area contributed by atoms with Crippen molar-refractivity contribution in [3.63, 3.8) is 0 Å². The minimum atomic E-state index is -1.43. The molecule has 11 heavy (non-hydrogen) atoms. The molecule has 4 nitrogen and oxygen atoms in total. The SMILES string of the molecule is C#C[C@@](C)(O)c1noc(C)n1. The molecule has 1 aromatic heterocycles. The third kappa shape index (κ3) is 1.38. The predicted molar refractivity (Wildman–Crippen MR) is 37.4 cm³/mol. The van der Waals surface area contributed by atoms with Gasteiger partial charge in [0.05, 0.1) is 0 Å². The first-order chi connectivity index (χ1) is 5.06. The molecule has 1 heterocycles. The zero-order chi connectivity index (χ0) is 8.48. The molecule has 0 saturated carbocycles. The van der Waals surface area contributed by atoms with Gasteiger partial charge in [-0.25, -0.2) is 0 Å². The average molecular weight is 152 g/mol. The predicted octanol–water partition coefficient (Wildman–Crippen LogP) is 0.219. The van der Waals surface area contributed by atoms with Gasteiger partial charge in [0.15, 0.2) is 5.60 Å². The van der Waals surface area contributed by atoms with E-state index in [9.17, 15) is 5.11 Å². The molecule has 0 unspecified atom stereocenters. The highest BCUT2D eigenvalue weighted by Crippen LogP contribution is 2.14. The summed E-state index contributed by atoms with van der Waals surface area (Å²) in [7, 11) is 0. The van der Waals surface area contributed by atoms with Crippen molar-refractivity contribution in [1.29, 1.82) is 0 Å². The summed E-state index contributed by atoms with van der Waals surface area (Å²) in [4.78, 5) is 3.78. The van der Waals surface area contributed by atoms with Gasteiger partial charge in [-0.3, -0.25) is 0 Å². The maximum absolute atomic E-state index is 9.39. The molecular weight excluding hydrogens is 144 g/mol. The molecule has 4 heteroatoms. The van der Waals surface area contributed by atoms with Gasteiger partial charge in [0, 0.05) is 6.92 Å². The molecule has 1 aromatic rings. The van der Waals surface area contributed by atoms with Crippen LogP contribution in [0.1, 0.15) is 18.6 Å². The normalized spacial score (nSPS) is 15.5. The summed E-state index contributed by atoms with van der Waals surface area (Å²) >= 11 is 0. The van der Waals surface area contributed by atoms with Gasteiger partial charge in [-0.2, -0.15) is 4.98 Å². The van der Waals surface area contributed by atoms with Gasteiger partial charge in [-0.15, -0.1) is 6.42 Å². The first-order valence-electron chi connectivity index (χ1n) is 3.07. The first kappa shape index (κ1) is 7.76. The zero-order valence-corrected chi connectivity index (χ0v) is 6.33. The molecule has 0 aliphatic heterocycles. The van der Waals surface area contributed by atoms with Crippen LogP contribution in [0.4, 0.5) is 0 Å². The Bertz CT molecular complexity index is 296. The van der Waals surface area contributed by atoms with E-state index in [2.05, 4.69) is 20.6 Å². The van der Waals surface area contributed by atoms with E-state index >= 15 is 0 Å². The zero-order valence-electron chi connectivity index (χ0n) is 6.33. The number of aliphatic hydroxyl groups is 1. The van der Waals surface area contributed by atoms with Crippen molar-refractivity contribution in [2.75, 3.05) is 0 Å². The molecular formula is C7H8N2O2. The summed E-state index contributed by atoms with van der Waals surface area (Å²) in [6.45, 7) is 3.06. The highest BCUT2D eigenvalue weighted by Gasteiger charge is 2.25. The lowest BCUT2D eigenvalue weighted by molar-refractivity contribution is 0.109. The number of hydrogen-bond donors (Lipinski definition) is 1. The highest BCUT2D eigenvalue weighted by molar-refractivity contribution is 5.14. The van der Waals surface area contributed by atoms with Crippen LogP contribution < -0.4 is 0 Å². The molecule has 0 saturated heterocycles. The first-order valence-corrected chi connectivity index (χ1v) is 3.07. The number of aromatic nitrogens is 2. The lowest BCUT2D eigenvalue weighted by Gasteiger charge is -2.08. The summed E-state index contributed by atoms with van der Waals surface area (Å²) in [6, 6.07) is 0. The van der Waals surface area contributed by atoms with E-state index in [1.807, 2.05) is 0 Å². The van der Waals surface area contributed by atoms with Crippen molar-refractivity contribution in [3.05, 3.63) is 11.7 Å². The summed E-state index contributed by atoms with van der Waals surface area (Å²) in [5.74, 6) is 2.65. The lowest BCUT2D eigenvalue weighted by Crippen LogP contribution is -2.19. The molecule has 0 radical (unpaired) electrons. The Hall–Kier alpha value is -1.34. The quantitative estimate of drug-likeness (QED) is 0.585. The van der Waals surface area contributed by atoms with Crippen LogP contribution in [0.25, 0.3) is 0 Å². The van der Waals surface area contributed by atoms with Crippen LogP contribution in [0.2, 0.25) is 0 Å². The number of aryl methyl sites for hydroxylation is 1. The molecule has 58 valence electrons. The van der Waals surface area contributed by atoms with Gasteiger partial charge in [0.2, 0.25) is 11.7 Å². The third-order valence-electron chi connectivity index (χ3n) is 1.24. The second-order valence-electron chi connectivity index (χ2n) is 2.35. The Labute approximate surface area is 64.2 Å². The molecule has 0 aliphatic rings. The fourth-order valence-corrected chi connectivity index (χ4v) is 0.562. The molecule has 1 N–H and O–H groups in total. The maximum Gasteiger partial charge on any atom is 0.223 e. The Morgan fingerprint density at radius 2 is 2.36 bits per heavy atom. The van der Waals surface area contributed by atoms with Crippen LogP contribution >= 0.6 is 0 Å². The van der Waals surface area contributed by atoms with Crippen molar-refractivity contribution >= 4 is 0 Å². The van der Waals surface area contributed by atoms with Gasteiger partial charge >= 0.3 is 0 Å². The Kier molecular flexibility index (Phi) is 1.67. The summed E-state index contributed by atoms with van der Waals surface area (Å²) in [5.41, 5.74) is -1.43. The van der Waals surface area contributed by atoms with Crippen LogP contribution in [0, 0.1) is 19.3 Å². The smallest absolute Gasteiger partial charge is 0.223 e. The molecule has 0 aromatic carbocycles. The third-order valence-corrected chi connectivity index (χ3v) is 1.24.